The second kappa shape index (κ2) is 8.64. The number of carbonyl (C=O) groups is 1. The standard InChI is InChI=1S/C13H17ClN2O2/c1-18-13(17)5-3-2-4-10-15-16-12-8-6-11(14)7-9-12/h6-9H,2-5,10H2,1H3. The molecule has 0 radical (unpaired) electrons. The quantitative estimate of drug-likeness (QED) is 0.424. The highest BCUT2D eigenvalue weighted by Gasteiger charge is 1.98. The summed E-state index contributed by atoms with van der Waals surface area (Å²) < 4.78 is 4.55. The van der Waals surface area contributed by atoms with Gasteiger partial charge in [0.1, 0.15) is 0 Å². The summed E-state index contributed by atoms with van der Waals surface area (Å²) in [6.45, 7) is 0.670. The molecule has 0 unspecified atom stereocenters. The molecule has 0 saturated carbocycles. The van der Waals surface area contributed by atoms with Gasteiger partial charge in [0.25, 0.3) is 0 Å². The minimum absolute atomic E-state index is 0.155. The first-order chi connectivity index (χ1) is 8.72. The molecule has 0 aliphatic heterocycles. The zero-order valence-corrected chi connectivity index (χ0v) is 11.2. The summed E-state index contributed by atoms with van der Waals surface area (Å²) in [5.41, 5.74) is 0.800. The van der Waals surface area contributed by atoms with Crippen molar-refractivity contribution in [2.45, 2.75) is 25.7 Å². The van der Waals surface area contributed by atoms with E-state index >= 15 is 0 Å². The van der Waals surface area contributed by atoms with Crippen molar-refractivity contribution >= 4 is 23.3 Å². The predicted molar refractivity (Wildman–Crippen MR) is 71.3 cm³/mol. The van der Waals surface area contributed by atoms with Crippen molar-refractivity contribution in [1.82, 2.24) is 0 Å². The van der Waals surface area contributed by atoms with Gasteiger partial charge in [-0.25, -0.2) is 0 Å². The summed E-state index contributed by atoms with van der Waals surface area (Å²) in [6.07, 6.45) is 3.19. The number of azo groups is 1. The smallest absolute Gasteiger partial charge is 0.305 e. The zero-order valence-electron chi connectivity index (χ0n) is 10.4. The van der Waals surface area contributed by atoms with Gasteiger partial charge in [0.2, 0.25) is 0 Å². The van der Waals surface area contributed by atoms with Crippen LogP contribution < -0.4 is 0 Å². The molecule has 0 N–H and O–H groups in total. The first-order valence-electron chi connectivity index (χ1n) is 5.92. The highest BCUT2D eigenvalue weighted by atomic mass is 35.5. The first kappa shape index (κ1) is 14.6. The van der Waals surface area contributed by atoms with E-state index in [0.29, 0.717) is 18.0 Å². The Morgan fingerprint density at radius 2 is 1.94 bits per heavy atom. The van der Waals surface area contributed by atoms with Crippen molar-refractivity contribution in [2.24, 2.45) is 10.2 Å². The van der Waals surface area contributed by atoms with E-state index in [0.717, 1.165) is 24.9 Å². The molecular formula is C13H17ClN2O2. The SMILES string of the molecule is COC(=O)CCCCCN=Nc1ccc(Cl)cc1. The van der Waals surface area contributed by atoms with Gasteiger partial charge >= 0.3 is 5.97 Å². The summed E-state index contributed by atoms with van der Waals surface area (Å²) in [6, 6.07) is 7.21. The van der Waals surface area contributed by atoms with E-state index in [1.807, 2.05) is 12.1 Å². The molecule has 0 spiro atoms. The fourth-order valence-electron chi connectivity index (χ4n) is 1.37. The molecule has 0 aromatic heterocycles. The average molecular weight is 269 g/mol. The lowest BCUT2D eigenvalue weighted by molar-refractivity contribution is -0.140. The largest absolute Gasteiger partial charge is 0.469 e. The Bertz CT molecular complexity index is 390. The van der Waals surface area contributed by atoms with Crippen molar-refractivity contribution in [3.63, 3.8) is 0 Å². The summed E-state index contributed by atoms with van der Waals surface area (Å²) in [5.74, 6) is -0.155. The van der Waals surface area contributed by atoms with Crippen LogP contribution in [0.25, 0.3) is 0 Å². The van der Waals surface area contributed by atoms with Crippen LogP contribution in [0.15, 0.2) is 34.5 Å². The number of esters is 1. The van der Waals surface area contributed by atoms with Crippen molar-refractivity contribution in [2.75, 3.05) is 13.7 Å². The van der Waals surface area contributed by atoms with Crippen molar-refractivity contribution in [3.8, 4) is 0 Å². The molecule has 0 fully saturated rings. The Morgan fingerprint density at radius 3 is 2.61 bits per heavy atom. The van der Waals surface area contributed by atoms with Gasteiger partial charge in [-0.05, 0) is 37.1 Å². The zero-order chi connectivity index (χ0) is 13.2. The Kier molecular flexibility index (Phi) is 7.03. The average Bonchev–Trinajstić information content (AvgIpc) is 2.39. The van der Waals surface area contributed by atoms with Gasteiger partial charge in [-0.1, -0.05) is 18.0 Å². The number of hydrogen-bond donors (Lipinski definition) is 0. The van der Waals surface area contributed by atoms with Gasteiger partial charge in [0.05, 0.1) is 19.3 Å². The lowest BCUT2D eigenvalue weighted by atomic mass is 10.2. The Hall–Kier alpha value is -1.42. The maximum absolute atomic E-state index is 10.8. The molecule has 18 heavy (non-hydrogen) atoms. The molecule has 0 heterocycles. The van der Waals surface area contributed by atoms with E-state index in [1.54, 1.807) is 12.1 Å². The van der Waals surface area contributed by atoms with E-state index in [9.17, 15) is 4.79 Å². The van der Waals surface area contributed by atoms with Crippen LogP contribution in [0.2, 0.25) is 5.02 Å². The van der Waals surface area contributed by atoms with Crippen LogP contribution in [0.4, 0.5) is 5.69 Å². The number of nitrogens with zero attached hydrogens (tertiary/aromatic N) is 2. The van der Waals surface area contributed by atoms with E-state index in [4.69, 9.17) is 11.6 Å². The third-order valence-corrected chi connectivity index (χ3v) is 2.63. The van der Waals surface area contributed by atoms with Crippen molar-refractivity contribution in [1.29, 1.82) is 0 Å². The second-order valence-electron chi connectivity index (χ2n) is 3.83. The highest BCUT2D eigenvalue weighted by Crippen LogP contribution is 2.16. The molecule has 0 saturated heterocycles. The minimum Gasteiger partial charge on any atom is -0.469 e. The van der Waals surface area contributed by atoms with Gasteiger partial charge in [-0.15, -0.1) is 0 Å². The van der Waals surface area contributed by atoms with E-state index in [1.165, 1.54) is 7.11 Å². The summed E-state index contributed by atoms with van der Waals surface area (Å²) in [7, 11) is 1.41. The molecule has 1 aromatic carbocycles. The summed E-state index contributed by atoms with van der Waals surface area (Å²) in [5, 5.41) is 8.84. The molecule has 0 aliphatic carbocycles. The first-order valence-corrected chi connectivity index (χ1v) is 6.30. The lowest BCUT2D eigenvalue weighted by Crippen LogP contribution is -1.99. The molecule has 0 atom stereocenters. The number of carbonyl (C=O) groups excluding carboxylic acids is 1. The molecule has 0 aliphatic rings. The second-order valence-corrected chi connectivity index (χ2v) is 4.26. The number of methoxy groups -OCH3 is 1. The topological polar surface area (TPSA) is 51.0 Å². The summed E-state index contributed by atoms with van der Waals surface area (Å²) >= 11 is 5.76. The predicted octanol–water partition coefficient (Wildman–Crippen LogP) is 4.16. The Morgan fingerprint density at radius 1 is 1.22 bits per heavy atom. The molecular weight excluding hydrogens is 252 g/mol. The number of hydrogen-bond acceptors (Lipinski definition) is 4. The van der Waals surface area contributed by atoms with Gasteiger partial charge in [0.15, 0.2) is 0 Å². The maximum atomic E-state index is 10.8. The molecule has 4 nitrogen and oxygen atoms in total. The molecule has 0 amide bonds. The van der Waals surface area contributed by atoms with Crippen LogP contribution in [-0.2, 0) is 9.53 Å². The van der Waals surface area contributed by atoms with Crippen LogP contribution in [0.5, 0.6) is 0 Å². The van der Waals surface area contributed by atoms with Crippen LogP contribution in [0.3, 0.4) is 0 Å². The molecule has 0 bridgehead atoms. The van der Waals surface area contributed by atoms with Crippen LogP contribution in [-0.4, -0.2) is 19.6 Å². The van der Waals surface area contributed by atoms with Crippen LogP contribution in [0.1, 0.15) is 25.7 Å². The third kappa shape index (κ3) is 6.35. The normalized spacial score (nSPS) is 10.8. The van der Waals surface area contributed by atoms with Gasteiger partial charge in [0, 0.05) is 11.4 Å². The fourth-order valence-corrected chi connectivity index (χ4v) is 1.50. The van der Waals surface area contributed by atoms with Crippen LogP contribution in [0, 0.1) is 0 Å². The van der Waals surface area contributed by atoms with E-state index in [2.05, 4.69) is 15.0 Å². The molecule has 5 heteroatoms. The van der Waals surface area contributed by atoms with Crippen molar-refractivity contribution in [3.05, 3.63) is 29.3 Å². The summed E-state index contributed by atoms with van der Waals surface area (Å²) in [4.78, 5) is 10.8. The molecule has 1 aromatic rings. The Balaban J connectivity index is 2.10. The van der Waals surface area contributed by atoms with E-state index in [-0.39, 0.29) is 5.97 Å². The lowest BCUT2D eigenvalue weighted by Gasteiger charge is -1.98. The third-order valence-electron chi connectivity index (χ3n) is 2.38. The molecule has 1 rings (SSSR count). The Labute approximate surface area is 112 Å². The fraction of sp³-hybridized carbons (Fsp3) is 0.462. The minimum atomic E-state index is -0.155. The maximum Gasteiger partial charge on any atom is 0.305 e. The van der Waals surface area contributed by atoms with E-state index < -0.39 is 0 Å². The van der Waals surface area contributed by atoms with Crippen LogP contribution >= 0.6 is 11.6 Å². The number of rotatable bonds is 7. The number of halogens is 1. The molecule has 98 valence electrons. The van der Waals surface area contributed by atoms with Gasteiger partial charge in [-0.2, -0.15) is 10.2 Å². The number of ether oxygens (including phenoxy) is 1. The van der Waals surface area contributed by atoms with Gasteiger partial charge in [-0.3, -0.25) is 4.79 Å². The highest BCUT2D eigenvalue weighted by molar-refractivity contribution is 6.30. The monoisotopic (exact) mass is 268 g/mol. The number of unbranched alkanes of at least 4 members (excludes halogenated alkanes) is 2. The van der Waals surface area contributed by atoms with Crippen molar-refractivity contribution < 1.29 is 9.53 Å². The number of benzene rings is 1. The van der Waals surface area contributed by atoms with Gasteiger partial charge < -0.3 is 4.74 Å².